The van der Waals surface area contributed by atoms with E-state index in [1.807, 2.05) is 0 Å². The molecule has 23 heavy (non-hydrogen) atoms. The van der Waals surface area contributed by atoms with Gasteiger partial charge in [0, 0.05) is 24.9 Å². The monoisotopic (exact) mass is 348 g/mol. The van der Waals surface area contributed by atoms with E-state index in [0.29, 0.717) is 21.5 Å². The van der Waals surface area contributed by atoms with Crippen LogP contribution in [-0.2, 0) is 0 Å². The van der Waals surface area contributed by atoms with Crippen LogP contribution in [0.4, 0.5) is 9.52 Å². The van der Waals surface area contributed by atoms with Crippen molar-refractivity contribution in [3.05, 3.63) is 59.4 Å². The standard InChI is InChI=1S/C15H10ClFN4OS/c1-21(14(22)9-2-4-10(17)5-3-9)15-18-7-12(23-15)11-6-13(16)20-8-19-11/h2-8H,1H3. The second kappa shape index (κ2) is 6.39. The van der Waals surface area contributed by atoms with Crippen molar-refractivity contribution < 1.29 is 9.18 Å². The lowest BCUT2D eigenvalue weighted by molar-refractivity contribution is 0.0993. The molecule has 116 valence electrons. The molecule has 5 nitrogen and oxygen atoms in total. The van der Waals surface area contributed by atoms with Gasteiger partial charge in [-0.05, 0) is 24.3 Å². The predicted molar refractivity (Wildman–Crippen MR) is 87.3 cm³/mol. The van der Waals surface area contributed by atoms with E-state index < -0.39 is 0 Å². The molecule has 0 saturated carbocycles. The highest BCUT2D eigenvalue weighted by molar-refractivity contribution is 7.19. The number of carbonyl (C=O) groups excluding carboxylic acids is 1. The van der Waals surface area contributed by atoms with E-state index in [9.17, 15) is 9.18 Å². The SMILES string of the molecule is CN(C(=O)c1ccc(F)cc1)c1ncc(-c2cc(Cl)ncn2)s1. The highest BCUT2D eigenvalue weighted by Crippen LogP contribution is 2.30. The Morgan fingerprint density at radius 1 is 1.22 bits per heavy atom. The molecule has 2 heterocycles. The van der Waals surface area contributed by atoms with Crippen molar-refractivity contribution in [2.45, 2.75) is 0 Å². The minimum absolute atomic E-state index is 0.272. The second-order valence-electron chi connectivity index (χ2n) is 4.60. The molecule has 2 aromatic heterocycles. The second-order valence-corrected chi connectivity index (χ2v) is 6.00. The first-order chi connectivity index (χ1) is 11.0. The molecule has 0 radical (unpaired) electrons. The number of hydrogen-bond acceptors (Lipinski definition) is 5. The summed E-state index contributed by atoms with van der Waals surface area (Å²) in [6.45, 7) is 0. The molecular weight excluding hydrogens is 339 g/mol. The average Bonchev–Trinajstić information content (AvgIpc) is 3.04. The lowest BCUT2D eigenvalue weighted by Gasteiger charge is -2.13. The van der Waals surface area contributed by atoms with Crippen LogP contribution in [0.15, 0.2) is 42.9 Å². The molecule has 0 spiro atoms. The van der Waals surface area contributed by atoms with E-state index in [4.69, 9.17) is 11.6 Å². The van der Waals surface area contributed by atoms with Crippen LogP contribution in [0.25, 0.3) is 10.6 Å². The zero-order chi connectivity index (χ0) is 16.4. The number of hydrogen-bond donors (Lipinski definition) is 0. The lowest BCUT2D eigenvalue weighted by Crippen LogP contribution is -2.25. The molecule has 1 amide bonds. The number of thiazole rings is 1. The van der Waals surface area contributed by atoms with Gasteiger partial charge in [0.15, 0.2) is 5.13 Å². The molecule has 0 aliphatic rings. The van der Waals surface area contributed by atoms with Crippen LogP contribution in [0, 0.1) is 5.82 Å². The van der Waals surface area contributed by atoms with Crippen molar-refractivity contribution >= 4 is 34.0 Å². The van der Waals surface area contributed by atoms with Crippen molar-refractivity contribution in [1.82, 2.24) is 15.0 Å². The number of aromatic nitrogens is 3. The summed E-state index contributed by atoms with van der Waals surface area (Å²) in [4.78, 5) is 26.7. The van der Waals surface area contributed by atoms with Gasteiger partial charge in [-0.15, -0.1) is 0 Å². The van der Waals surface area contributed by atoms with E-state index in [-0.39, 0.29) is 11.7 Å². The summed E-state index contributed by atoms with van der Waals surface area (Å²) >= 11 is 7.15. The average molecular weight is 349 g/mol. The lowest BCUT2D eigenvalue weighted by atomic mass is 10.2. The molecule has 0 bridgehead atoms. The quantitative estimate of drug-likeness (QED) is 0.678. The van der Waals surface area contributed by atoms with Crippen LogP contribution in [0.5, 0.6) is 0 Å². The highest BCUT2D eigenvalue weighted by atomic mass is 35.5. The molecule has 1 aromatic carbocycles. The third-order valence-corrected chi connectivity index (χ3v) is 4.37. The summed E-state index contributed by atoms with van der Waals surface area (Å²) in [6.07, 6.45) is 2.98. The molecule has 0 fully saturated rings. The Bertz CT molecular complexity index is 853. The van der Waals surface area contributed by atoms with E-state index in [0.717, 1.165) is 4.88 Å². The number of benzene rings is 1. The van der Waals surface area contributed by atoms with Gasteiger partial charge in [0.25, 0.3) is 5.91 Å². The van der Waals surface area contributed by atoms with Crippen molar-refractivity contribution in [2.24, 2.45) is 0 Å². The van der Waals surface area contributed by atoms with Gasteiger partial charge in [-0.2, -0.15) is 0 Å². The summed E-state index contributed by atoms with van der Waals surface area (Å²) in [5, 5.41) is 0.838. The summed E-state index contributed by atoms with van der Waals surface area (Å²) in [6, 6.07) is 6.99. The number of halogens is 2. The first kappa shape index (κ1) is 15.5. The zero-order valence-electron chi connectivity index (χ0n) is 11.9. The number of carbonyl (C=O) groups is 1. The van der Waals surface area contributed by atoms with E-state index in [1.54, 1.807) is 19.3 Å². The van der Waals surface area contributed by atoms with Crippen LogP contribution in [0.3, 0.4) is 0 Å². The summed E-state index contributed by atoms with van der Waals surface area (Å²) in [5.74, 6) is -0.659. The van der Waals surface area contributed by atoms with E-state index >= 15 is 0 Å². The Morgan fingerprint density at radius 2 is 1.96 bits per heavy atom. The van der Waals surface area contributed by atoms with Gasteiger partial charge in [0.2, 0.25) is 0 Å². The molecular formula is C15H10ClFN4OS. The number of rotatable bonds is 3. The van der Waals surface area contributed by atoms with E-state index in [1.165, 1.54) is 46.8 Å². The van der Waals surface area contributed by atoms with Crippen LogP contribution < -0.4 is 4.90 Å². The van der Waals surface area contributed by atoms with Crippen LogP contribution in [-0.4, -0.2) is 27.9 Å². The molecule has 0 saturated heterocycles. The molecule has 0 aliphatic carbocycles. The minimum Gasteiger partial charge on any atom is -0.287 e. The number of amides is 1. The topological polar surface area (TPSA) is 59.0 Å². The molecule has 0 unspecified atom stereocenters. The van der Waals surface area contributed by atoms with Crippen molar-refractivity contribution in [3.8, 4) is 10.6 Å². The Morgan fingerprint density at radius 3 is 2.65 bits per heavy atom. The number of nitrogens with zero attached hydrogens (tertiary/aromatic N) is 4. The van der Waals surface area contributed by atoms with Gasteiger partial charge in [-0.25, -0.2) is 19.3 Å². The Kier molecular flexibility index (Phi) is 4.31. The summed E-state index contributed by atoms with van der Waals surface area (Å²) in [5.41, 5.74) is 1.02. The minimum atomic E-state index is -0.388. The highest BCUT2D eigenvalue weighted by Gasteiger charge is 2.17. The maximum absolute atomic E-state index is 12.9. The van der Waals surface area contributed by atoms with Gasteiger partial charge < -0.3 is 0 Å². The molecule has 0 aliphatic heterocycles. The van der Waals surface area contributed by atoms with Crippen LogP contribution in [0.2, 0.25) is 5.15 Å². The molecule has 0 N–H and O–H groups in total. The van der Waals surface area contributed by atoms with Crippen molar-refractivity contribution in [2.75, 3.05) is 11.9 Å². The molecule has 3 rings (SSSR count). The first-order valence-electron chi connectivity index (χ1n) is 6.52. The zero-order valence-corrected chi connectivity index (χ0v) is 13.5. The van der Waals surface area contributed by atoms with Gasteiger partial charge in [-0.3, -0.25) is 9.69 Å². The number of anilines is 1. The molecule has 0 atom stereocenters. The summed E-state index contributed by atoms with van der Waals surface area (Å²) < 4.78 is 12.9. The first-order valence-corrected chi connectivity index (χ1v) is 7.71. The summed E-state index contributed by atoms with van der Waals surface area (Å²) in [7, 11) is 1.61. The Labute approximate surface area is 140 Å². The normalized spacial score (nSPS) is 10.6. The smallest absolute Gasteiger partial charge is 0.259 e. The maximum Gasteiger partial charge on any atom is 0.259 e. The Balaban J connectivity index is 1.84. The van der Waals surface area contributed by atoms with Gasteiger partial charge in [0.1, 0.15) is 17.3 Å². The van der Waals surface area contributed by atoms with Crippen molar-refractivity contribution in [3.63, 3.8) is 0 Å². The third-order valence-electron chi connectivity index (χ3n) is 3.06. The third kappa shape index (κ3) is 3.35. The maximum atomic E-state index is 12.9. The fourth-order valence-electron chi connectivity index (χ4n) is 1.88. The van der Waals surface area contributed by atoms with E-state index in [2.05, 4.69) is 15.0 Å². The van der Waals surface area contributed by atoms with Gasteiger partial charge in [-0.1, -0.05) is 22.9 Å². The fourth-order valence-corrected chi connectivity index (χ4v) is 2.87. The van der Waals surface area contributed by atoms with Crippen LogP contribution >= 0.6 is 22.9 Å². The predicted octanol–water partition coefficient (Wildman–Crippen LogP) is 3.67. The largest absolute Gasteiger partial charge is 0.287 e. The fraction of sp³-hybridized carbons (Fsp3) is 0.0667. The Hall–Kier alpha value is -2.38. The van der Waals surface area contributed by atoms with Crippen molar-refractivity contribution in [1.29, 1.82) is 0 Å². The molecule has 3 aromatic rings. The van der Waals surface area contributed by atoms with Gasteiger partial charge >= 0.3 is 0 Å². The van der Waals surface area contributed by atoms with Crippen LogP contribution in [0.1, 0.15) is 10.4 Å². The van der Waals surface area contributed by atoms with Gasteiger partial charge in [0.05, 0.1) is 10.6 Å². The molecule has 8 heteroatoms.